The van der Waals surface area contributed by atoms with E-state index in [2.05, 4.69) is 10.8 Å². The second-order valence-electron chi connectivity index (χ2n) is 5.30. The van der Waals surface area contributed by atoms with Crippen molar-refractivity contribution in [2.75, 3.05) is 6.61 Å². The van der Waals surface area contributed by atoms with Crippen LogP contribution in [0.4, 0.5) is 13.2 Å². The van der Waals surface area contributed by atoms with Crippen molar-refractivity contribution < 1.29 is 22.6 Å². The van der Waals surface area contributed by atoms with Gasteiger partial charge in [0.25, 0.3) is 0 Å². The molecule has 21 heavy (non-hydrogen) atoms. The first-order valence-corrected chi connectivity index (χ1v) is 6.62. The molecule has 1 aromatic carbocycles. The van der Waals surface area contributed by atoms with E-state index in [4.69, 9.17) is 10.00 Å². The Hall–Kier alpha value is -1.90. The average Bonchev–Trinajstić information content (AvgIpc) is 2.38. The lowest BCUT2D eigenvalue weighted by atomic mass is 9.89. The van der Waals surface area contributed by atoms with Crippen molar-refractivity contribution in [2.45, 2.75) is 39.5 Å². The van der Waals surface area contributed by atoms with E-state index in [1.165, 1.54) is 18.2 Å². The zero-order valence-electron chi connectivity index (χ0n) is 12.0. The Morgan fingerprint density at radius 3 is 2.29 bits per heavy atom. The van der Waals surface area contributed by atoms with Crippen LogP contribution in [-0.2, 0) is 0 Å². The van der Waals surface area contributed by atoms with Crippen molar-refractivity contribution in [1.82, 2.24) is 0 Å². The molecule has 0 aliphatic carbocycles. The van der Waals surface area contributed by atoms with Crippen molar-refractivity contribution in [2.24, 2.45) is 5.41 Å². The van der Waals surface area contributed by atoms with Crippen LogP contribution in [0.2, 0.25) is 0 Å². The number of alkyl halides is 3. The summed E-state index contributed by atoms with van der Waals surface area (Å²) >= 11 is 0. The van der Waals surface area contributed by atoms with Crippen LogP contribution in [0.5, 0.6) is 11.5 Å². The summed E-state index contributed by atoms with van der Waals surface area (Å²) < 4.78 is 45.9. The lowest BCUT2D eigenvalue weighted by molar-refractivity contribution is -0.275. The predicted octanol–water partition coefficient (Wildman–Crippen LogP) is 4.68. The van der Waals surface area contributed by atoms with Gasteiger partial charge in [-0.3, -0.25) is 0 Å². The van der Waals surface area contributed by atoms with Gasteiger partial charge in [-0.25, -0.2) is 0 Å². The Bertz CT molecular complexity index is 492. The molecule has 0 aliphatic rings. The summed E-state index contributed by atoms with van der Waals surface area (Å²) in [7, 11) is 0. The van der Waals surface area contributed by atoms with Gasteiger partial charge in [0, 0.05) is 0 Å². The fourth-order valence-electron chi connectivity index (χ4n) is 1.69. The summed E-state index contributed by atoms with van der Waals surface area (Å²) in [6, 6.07) is 7.87. The molecule has 3 nitrogen and oxygen atoms in total. The number of nitrogens with zero attached hydrogens (tertiary/aromatic N) is 1. The highest BCUT2D eigenvalue weighted by Gasteiger charge is 2.32. The maximum Gasteiger partial charge on any atom is 0.573 e. The van der Waals surface area contributed by atoms with Crippen LogP contribution in [0, 0.1) is 16.7 Å². The number of ether oxygens (including phenoxy) is 2. The van der Waals surface area contributed by atoms with Gasteiger partial charge in [0.05, 0.1) is 18.1 Å². The van der Waals surface area contributed by atoms with Crippen molar-refractivity contribution in [1.29, 1.82) is 5.26 Å². The minimum atomic E-state index is -4.74. The quantitative estimate of drug-likeness (QED) is 0.686. The molecule has 0 bridgehead atoms. The molecule has 0 unspecified atom stereocenters. The highest BCUT2D eigenvalue weighted by Crippen LogP contribution is 2.32. The summed E-state index contributed by atoms with van der Waals surface area (Å²) in [5.41, 5.74) is -0.392. The van der Waals surface area contributed by atoms with Gasteiger partial charge in [0.1, 0.15) is 0 Å². The Morgan fingerprint density at radius 2 is 1.71 bits per heavy atom. The maximum atomic E-state index is 12.2. The van der Waals surface area contributed by atoms with Crippen LogP contribution >= 0.6 is 0 Å². The molecular weight excluding hydrogens is 283 g/mol. The maximum absolute atomic E-state index is 12.2. The van der Waals surface area contributed by atoms with Gasteiger partial charge in [0.2, 0.25) is 0 Å². The summed E-state index contributed by atoms with van der Waals surface area (Å²) in [4.78, 5) is 0. The summed E-state index contributed by atoms with van der Waals surface area (Å²) in [6.07, 6.45) is -2.60. The molecule has 1 aromatic rings. The van der Waals surface area contributed by atoms with E-state index in [0.29, 0.717) is 12.8 Å². The minimum absolute atomic E-state index is 0.0642. The average molecular weight is 301 g/mol. The first kappa shape index (κ1) is 17.2. The minimum Gasteiger partial charge on any atom is -0.490 e. The smallest absolute Gasteiger partial charge is 0.490 e. The van der Waals surface area contributed by atoms with E-state index in [9.17, 15) is 13.2 Å². The Kier molecular flexibility index (Phi) is 5.89. The summed E-state index contributed by atoms with van der Waals surface area (Å²) in [6.45, 7) is 3.97. The van der Waals surface area contributed by atoms with Crippen molar-refractivity contribution in [3.63, 3.8) is 0 Å². The first-order chi connectivity index (χ1) is 9.73. The molecule has 0 atom stereocenters. The molecule has 1 rings (SSSR count). The van der Waals surface area contributed by atoms with Crippen LogP contribution in [0.25, 0.3) is 0 Å². The Morgan fingerprint density at radius 1 is 1.10 bits per heavy atom. The van der Waals surface area contributed by atoms with Gasteiger partial charge in [-0.05, 0) is 45.2 Å². The van der Waals surface area contributed by atoms with Gasteiger partial charge < -0.3 is 9.47 Å². The normalized spacial score (nSPS) is 11.8. The van der Waals surface area contributed by atoms with Gasteiger partial charge in [-0.1, -0.05) is 12.1 Å². The topological polar surface area (TPSA) is 42.2 Å². The molecule has 0 saturated carbocycles. The molecule has 0 heterocycles. The summed E-state index contributed by atoms with van der Waals surface area (Å²) in [5, 5.41) is 8.87. The SMILES string of the molecule is CC(C)(C#N)CCCCOc1ccccc1OC(F)(F)F. The van der Waals surface area contributed by atoms with E-state index in [-0.39, 0.29) is 18.1 Å². The summed E-state index contributed by atoms with van der Waals surface area (Å²) in [5.74, 6) is -0.281. The van der Waals surface area contributed by atoms with E-state index in [1.807, 2.05) is 13.8 Å². The third-order valence-electron chi connectivity index (χ3n) is 2.83. The molecule has 0 saturated heterocycles. The number of hydrogen-bond acceptors (Lipinski definition) is 3. The second-order valence-corrected chi connectivity index (χ2v) is 5.30. The lowest BCUT2D eigenvalue weighted by Crippen LogP contribution is -2.17. The highest BCUT2D eigenvalue weighted by atomic mass is 19.4. The molecule has 0 N–H and O–H groups in total. The molecule has 0 radical (unpaired) electrons. The van der Waals surface area contributed by atoms with Gasteiger partial charge in [0.15, 0.2) is 11.5 Å². The van der Waals surface area contributed by atoms with E-state index in [1.54, 1.807) is 6.07 Å². The molecule has 0 spiro atoms. The number of para-hydroxylation sites is 2. The van der Waals surface area contributed by atoms with Crippen LogP contribution in [0.3, 0.4) is 0 Å². The zero-order valence-corrected chi connectivity index (χ0v) is 12.0. The van der Waals surface area contributed by atoms with Crippen molar-refractivity contribution >= 4 is 0 Å². The van der Waals surface area contributed by atoms with Crippen LogP contribution < -0.4 is 9.47 Å². The third kappa shape index (κ3) is 6.89. The van der Waals surface area contributed by atoms with Crippen LogP contribution in [0.15, 0.2) is 24.3 Å². The molecule has 116 valence electrons. The van der Waals surface area contributed by atoms with Crippen LogP contribution in [0.1, 0.15) is 33.1 Å². The zero-order chi connectivity index (χ0) is 15.9. The molecule has 0 fully saturated rings. The molecule has 0 aliphatic heterocycles. The van der Waals surface area contributed by atoms with Crippen molar-refractivity contribution in [3.8, 4) is 17.6 Å². The predicted molar refractivity (Wildman–Crippen MR) is 71.9 cm³/mol. The molecule has 0 amide bonds. The monoisotopic (exact) mass is 301 g/mol. The number of nitriles is 1. The Labute approximate surface area is 122 Å². The van der Waals surface area contributed by atoms with Gasteiger partial charge in [-0.2, -0.15) is 5.26 Å². The third-order valence-corrected chi connectivity index (χ3v) is 2.83. The number of halogens is 3. The molecular formula is C15H18F3NO2. The lowest BCUT2D eigenvalue weighted by Gasteiger charge is -2.16. The van der Waals surface area contributed by atoms with E-state index in [0.717, 1.165) is 6.42 Å². The first-order valence-electron chi connectivity index (χ1n) is 6.62. The van der Waals surface area contributed by atoms with Crippen molar-refractivity contribution in [3.05, 3.63) is 24.3 Å². The van der Waals surface area contributed by atoms with E-state index < -0.39 is 11.8 Å². The fraction of sp³-hybridized carbons (Fsp3) is 0.533. The van der Waals surface area contributed by atoms with Gasteiger partial charge in [-0.15, -0.1) is 13.2 Å². The van der Waals surface area contributed by atoms with Crippen LogP contribution in [-0.4, -0.2) is 13.0 Å². The number of benzene rings is 1. The standard InChI is InChI=1S/C15H18F3NO2/c1-14(2,11-19)9-5-6-10-20-12-7-3-4-8-13(12)21-15(16,17)18/h3-4,7-8H,5-6,9-10H2,1-2H3. The molecule has 6 heteroatoms. The van der Waals surface area contributed by atoms with Gasteiger partial charge >= 0.3 is 6.36 Å². The highest BCUT2D eigenvalue weighted by molar-refractivity contribution is 5.39. The Balaban J connectivity index is 2.44. The number of rotatable bonds is 7. The molecule has 0 aromatic heterocycles. The number of unbranched alkanes of at least 4 members (excludes halogenated alkanes) is 1. The number of hydrogen-bond donors (Lipinski definition) is 0. The largest absolute Gasteiger partial charge is 0.573 e. The van der Waals surface area contributed by atoms with E-state index >= 15 is 0 Å². The fourth-order valence-corrected chi connectivity index (χ4v) is 1.69. The second kappa shape index (κ2) is 7.21.